The highest BCUT2D eigenvalue weighted by atomic mass is 16.3. The van der Waals surface area contributed by atoms with Crippen LogP contribution in [0.15, 0.2) is 42.5 Å². The molecule has 0 saturated carbocycles. The van der Waals surface area contributed by atoms with Gasteiger partial charge in [0, 0.05) is 24.5 Å². The summed E-state index contributed by atoms with van der Waals surface area (Å²) in [6.07, 6.45) is 1.12. The molecule has 0 bridgehead atoms. The third-order valence-electron chi connectivity index (χ3n) is 3.55. The van der Waals surface area contributed by atoms with Crippen LogP contribution in [0, 0.1) is 0 Å². The summed E-state index contributed by atoms with van der Waals surface area (Å²) in [5, 5.41) is 15.9. The van der Waals surface area contributed by atoms with Crippen LogP contribution in [0.5, 0.6) is 0 Å². The van der Waals surface area contributed by atoms with E-state index in [-0.39, 0.29) is 6.61 Å². The summed E-state index contributed by atoms with van der Waals surface area (Å²) < 4.78 is 0. The molecular weight excluding hydrogens is 236 g/mol. The summed E-state index contributed by atoms with van der Waals surface area (Å²) >= 11 is 0. The van der Waals surface area contributed by atoms with E-state index in [9.17, 15) is 0 Å². The molecule has 1 aliphatic rings. The third-order valence-corrected chi connectivity index (χ3v) is 3.55. The number of anilines is 2. The lowest BCUT2D eigenvalue weighted by atomic mass is 10.1. The molecule has 3 nitrogen and oxygen atoms in total. The summed E-state index contributed by atoms with van der Waals surface area (Å²) in [6.45, 7) is 1.95. The fourth-order valence-corrected chi connectivity index (χ4v) is 2.48. The molecule has 0 fully saturated rings. The number of hydrogen-bond acceptors (Lipinski definition) is 3. The minimum atomic E-state index is 0.0936. The van der Waals surface area contributed by atoms with Gasteiger partial charge in [-0.05, 0) is 35.2 Å². The van der Waals surface area contributed by atoms with Gasteiger partial charge < -0.3 is 15.7 Å². The first-order valence-corrected chi connectivity index (χ1v) is 6.65. The molecular formula is C16H18N2O. The van der Waals surface area contributed by atoms with Crippen LogP contribution in [0.25, 0.3) is 0 Å². The average Bonchev–Trinajstić information content (AvgIpc) is 2.94. The molecule has 1 aliphatic heterocycles. The van der Waals surface area contributed by atoms with Crippen molar-refractivity contribution < 1.29 is 5.11 Å². The lowest BCUT2D eigenvalue weighted by Gasteiger charge is -2.11. The lowest BCUT2D eigenvalue weighted by molar-refractivity contribution is 0.282. The molecule has 19 heavy (non-hydrogen) atoms. The second kappa shape index (κ2) is 5.33. The van der Waals surface area contributed by atoms with Crippen molar-refractivity contribution in [1.29, 1.82) is 0 Å². The van der Waals surface area contributed by atoms with Gasteiger partial charge in [-0.3, -0.25) is 0 Å². The van der Waals surface area contributed by atoms with E-state index in [0.717, 1.165) is 30.8 Å². The zero-order valence-corrected chi connectivity index (χ0v) is 10.8. The minimum absolute atomic E-state index is 0.0936. The van der Waals surface area contributed by atoms with E-state index >= 15 is 0 Å². The summed E-state index contributed by atoms with van der Waals surface area (Å²) in [4.78, 5) is 0. The number of hydrogen-bond donors (Lipinski definition) is 3. The molecule has 0 amide bonds. The molecule has 1 heterocycles. The van der Waals surface area contributed by atoms with Crippen molar-refractivity contribution >= 4 is 11.4 Å². The van der Waals surface area contributed by atoms with Crippen molar-refractivity contribution in [1.82, 2.24) is 0 Å². The smallest absolute Gasteiger partial charge is 0.0681 e. The van der Waals surface area contributed by atoms with Gasteiger partial charge in [-0.2, -0.15) is 0 Å². The minimum Gasteiger partial charge on any atom is -0.392 e. The summed E-state index contributed by atoms with van der Waals surface area (Å²) in [6, 6.07) is 14.4. The molecule has 0 aromatic heterocycles. The topological polar surface area (TPSA) is 44.3 Å². The Morgan fingerprint density at radius 2 is 1.95 bits per heavy atom. The van der Waals surface area contributed by atoms with Crippen LogP contribution in [0.1, 0.15) is 16.7 Å². The molecule has 0 spiro atoms. The summed E-state index contributed by atoms with van der Waals surface area (Å²) in [7, 11) is 0. The first kappa shape index (κ1) is 12.1. The van der Waals surface area contributed by atoms with Crippen molar-refractivity contribution in [3.8, 4) is 0 Å². The van der Waals surface area contributed by atoms with Crippen molar-refractivity contribution in [3.63, 3.8) is 0 Å². The summed E-state index contributed by atoms with van der Waals surface area (Å²) in [5.74, 6) is 0. The SMILES string of the molecule is OCc1ccc(NCc2cccc3c2NCC3)cc1. The van der Waals surface area contributed by atoms with Crippen molar-refractivity contribution in [2.24, 2.45) is 0 Å². The maximum Gasteiger partial charge on any atom is 0.0681 e. The molecule has 0 radical (unpaired) electrons. The Kier molecular flexibility index (Phi) is 3.38. The average molecular weight is 254 g/mol. The Morgan fingerprint density at radius 3 is 2.74 bits per heavy atom. The first-order chi connectivity index (χ1) is 9.36. The molecule has 3 rings (SSSR count). The number of aliphatic hydroxyl groups excluding tert-OH is 1. The largest absolute Gasteiger partial charge is 0.392 e. The van der Waals surface area contributed by atoms with Gasteiger partial charge in [0.05, 0.1) is 6.61 Å². The van der Waals surface area contributed by atoms with E-state index in [4.69, 9.17) is 5.11 Å². The van der Waals surface area contributed by atoms with Gasteiger partial charge in [0.25, 0.3) is 0 Å². The van der Waals surface area contributed by atoms with E-state index in [2.05, 4.69) is 28.8 Å². The van der Waals surface area contributed by atoms with Crippen LogP contribution >= 0.6 is 0 Å². The monoisotopic (exact) mass is 254 g/mol. The highest BCUT2D eigenvalue weighted by Gasteiger charge is 2.12. The number of nitrogens with one attached hydrogen (secondary N) is 2. The van der Waals surface area contributed by atoms with Gasteiger partial charge in [0.2, 0.25) is 0 Å². The van der Waals surface area contributed by atoms with E-state index < -0.39 is 0 Å². The number of benzene rings is 2. The van der Waals surface area contributed by atoms with Crippen LogP contribution in [0.3, 0.4) is 0 Å². The van der Waals surface area contributed by atoms with Crippen LogP contribution in [-0.2, 0) is 19.6 Å². The number of aliphatic hydroxyl groups is 1. The quantitative estimate of drug-likeness (QED) is 0.786. The number of fused-ring (bicyclic) bond motifs is 1. The Bertz CT molecular complexity index is 563. The van der Waals surface area contributed by atoms with Gasteiger partial charge in [-0.1, -0.05) is 30.3 Å². The molecule has 3 N–H and O–H groups in total. The highest BCUT2D eigenvalue weighted by molar-refractivity contribution is 5.62. The summed E-state index contributed by atoms with van der Waals surface area (Å²) in [5.41, 5.74) is 6.03. The second-order valence-electron chi connectivity index (χ2n) is 4.84. The van der Waals surface area contributed by atoms with Crippen LogP contribution in [0.2, 0.25) is 0 Å². The fourth-order valence-electron chi connectivity index (χ4n) is 2.48. The van der Waals surface area contributed by atoms with E-state index in [1.165, 1.54) is 16.8 Å². The maximum atomic E-state index is 9.01. The van der Waals surface area contributed by atoms with Crippen molar-refractivity contribution in [2.75, 3.05) is 17.2 Å². The molecule has 0 saturated heterocycles. The van der Waals surface area contributed by atoms with Gasteiger partial charge >= 0.3 is 0 Å². The standard InChI is InChI=1S/C16H18N2O/c19-11-12-4-6-15(7-5-12)18-10-14-3-1-2-13-8-9-17-16(13)14/h1-7,17-19H,8-11H2. The van der Waals surface area contributed by atoms with Crippen molar-refractivity contribution in [2.45, 2.75) is 19.6 Å². The zero-order chi connectivity index (χ0) is 13.1. The normalized spacial score (nSPS) is 12.9. The van der Waals surface area contributed by atoms with Gasteiger partial charge in [-0.15, -0.1) is 0 Å². The number of para-hydroxylation sites is 1. The zero-order valence-electron chi connectivity index (χ0n) is 10.8. The van der Waals surface area contributed by atoms with Crippen LogP contribution in [-0.4, -0.2) is 11.7 Å². The molecule has 2 aromatic rings. The maximum absolute atomic E-state index is 9.01. The Balaban J connectivity index is 1.70. The predicted octanol–water partition coefficient (Wildman–Crippen LogP) is 2.76. The highest BCUT2D eigenvalue weighted by Crippen LogP contribution is 2.27. The van der Waals surface area contributed by atoms with Gasteiger partial charge in [0.15, 0.2) is 0 Å². The Morgan fingerprint density at radius 1 is 1.11 bits per heavy atom. The van der Waals surface area contributed by atoms with E-state index in [0.29, 0.717) is 0 Å². The molecule has 98 valence electrons. The lowest BCUT2D eigenvalue weighted by Crippen LogP contribution is -2.03. The van der Waals surface area contributed by atoms with Crippen LogP contribution in [0.4, 0.5) is 11.4 Å². The third kappa shape index (κ3) is 2.56. The second-order valence-corrected chi connectivity index (χ2v) is 4.84. The molecule has 0 unspecified atom stereocenters. The molecule has 0 atom stereocenters. The van der Waals surface area contributed by atoms with Crippen LogP contribution < -0.4 is 10.6 Å². The van der Waals surface area contributed by atoms with E-state index in [1.807, 2.05) is 24.3 Å². The first-order valence-electron chi connectivity index (χ1n) is 6.65. The van der Waals surface area contributed by atoms with Crippen molar-refractivity contribution in [3.05, 3.63) is 59.2 Å². The molecule has 0 aliphatic carbocycles. The predicted molar refractivity (Wildman–Crippen MR) is 78.3 cm³/mol. The fraction of sp³-hybridized carbons (Fsp3) is 0.250. The number of rotatable bonds is 4. The van der Waals surface area contributed by atoms with E-state index in [1.54, 1.807) is 0 Å². The molecule has 2 aromatic carbocycles. The Hall–Kier alpha value is -2.00. The molecule has 3 heteroatoms. The van der Waals surface area contributed by atoms with Gasteiger partial charge in [0.1, 0.15) is 0 Å². The Labute approximate surface area is 113 Å². The van der Waals surface area contributed by atoms with Gasteiger partial charge in [-0.25, -0.2) is 0 Å².